The fourth-order valence-corrected chi connectivity index (χ4v) is 2.84. The zero-order chi connectivity index (χ0) is 20.8. The summed E-state index contributed by atoms with van der Waals surface area (Å²) in [5.41, 5.74) is 1.78. The Kier molecular flexibility index (Phi) is 5.61. The lowest BCUT2D eigenvalue weighted by molar-refractivity contribution is 0.0908. The molecule has 1 N–H and O–H groups in total. The van der Waals surface area contributed by atoms with Gasteiger partial charge in [0.1, 0.15) is 0 Å². The minimum Gasteiger partial charge on any atom is -0.467 e. The standard InChI is InChI=1S/C23H18N4O3/c28-20(17-10-4-1-5-11-17)16-30-23-21(22(29)24-18-12-6-2-7-13-18)25-26-27(23)19-14-8-3-9-15-19/h1-15H,16H2,(H,24,29). The number of para-hydroxylation sites is 2. The van der Waals surface area contributed by atoms with Gasteiger partial charge in [-0.25, -0.2) is 0 Å². The summed E-state index contributed by atoms with van der Waals surface area (Å²) in [5, 5.41) is 10.8. The van der Waals surface area contributed by atoms with Gasteiger partial charge in [-0.05, 0) is 24.3 Å². The van der Waals surface area contributed by atoms with Crippen LogP contribution in [0.15, 0.2) is 91.0 Å². The van der Waals surface area contributed by atoms with Crippen LogP contribution in [0.4, 0.5) is 5.69 Å². The molecule has 0 radical (unpaired) electrons. The van der Waals surface area contributed by atoms with Crippen molar-refractivity contribution in [1.29, 1.82) is 0 Å². The summed E-state index contributed by atoms with van der Waals surface area (Å²) in [4.78, 5) is 25.3. The van der Waals surface area contributed by atoms with Crippen molar-refractivity contribution in [2.45, 2.75) is 0 Å². The van der Waals surface area contributed by atoms with Gasteiger partial charge < -0.3 is 10.1 Å². The fourth-order valence-electron chi connectivity index (χ4n) is 2.84. The van der Waals surface area contributed by atoms with Crippen LogP contribution >= 0.6 is 0 Å². The average molecular weight is 398 g/mol. The van der Waals surface area contributed by atoms with Crippen molar-refractivity contribution in [3.05, 3.63) is 102 Å². The number of benzene rings is 3. The SMILES string of the molecule is O=C(COc1c(C(=O)Nc2ccccc2)nnn1-c1ccccc1)c1ccccc1. The van der Waals surface area contributed by atoms with Gasteiger partial charge in [0.2, 0.25) is 5.69 Å². The van der Waals surface area contributed by atoms with Gasteiger partial charge in [0.15, 0.2) is 12.4 Å². The molecule has 7 nitrogen and oxygen atoms in total. The lowest BCUT2D eigenvalue weighted by Crippen LogP contribution is -2.18. The van der Waals surface area contributed by atoms with E-state index in [2.05, 4.69) is 15.6 Å². The topological polar surface area (TPSA) is 86.1 Å². The Morgan fingerprint density at radius 1 is 0.833 bits per heavy atom. The van der Waals surface area contributed by atoms with Gasteiger partial charge in [0.25, 0.3) is 11.8 Å². The molecular weight excluding hydrogens is 380 g/mol. The van der Waals surface area contributed by atoms with Crippen LogP contribution in [0, 0.1) is 0 Å². The first-order valence-electron chi connectivity index (χ1n) is 9.31. The van der Waals surface area contributed by atoms with Crippen molar-refractivity contribution >= 4 is 17.4 Å². The number of hydrogen-bond acceptors (Lipinski definition) is 5. The predicted octanol–water partition coefficient (Wildman–Crippen LogP) is 3.78. The number of ether oxygens (including phenoxy) is 1. The van der Waals surface area contributed by atoms with Crippen molar-refractivity contribution < 1.29 is 14.3 Å². The molecule has 3 aromatic carbocycles. The van der Waals surface area contributed by atoms with Gasteiger partial charge in [0.05, 0.1) is 5.69 Å². The number of anilines is 1. The Morgan fingerprint density at radius 3 is 2.10 bits per heavy atom. The summed E-state index contributed by atoms with van der Waals surface area (Å²) >= 11 is 0. The van der Waals surface area contributed by atoms with Crippen molar-refractivity contribution in [3.8, 4) is 11.6 Å². The summed E-state index contributed by atoms with van der Waals surface area (Å²) in [6.45, 7) is -0.254. The maximum atomic E-state index is 12.8. The molecule has 1 aromatic heterocycles. The van der Waals surface area contributed by atoms with E-state index in [9.17, 15) is 9.59 Å². The minimum atomic E-state index is -0.481. The average Bonchev–Trinajstić information content (AvgIpc) is 3.23. The Hall–Kier alpha value is -4.26. The Bertz CT molecular complexity index is 1140. The third-order valence-corrected chi connectivity index (χ3v) is 4.31. The number of rotatable bonds is 7. The molecule has 0 bridgehead atoms. The van der Waals surface area contributed by atoms with Crippen LogP contribution in [0.5, 0.6) is 5.88 Å². The number of amides is 1. The first kappa shape index (κ1) is 19.1. The highest BCUT2D eigenvalue weighted by Gasteiger charge is 2.23. The number of Topliss-reactive ketones (excluding diaryl/α,β-unsaturated/α-hetero) is 1. The first-order valence-corrected chi connectivity index (χ1v) is 9.31. The highest BCUT2D eigenvalue weighted by Crippen LogP contribution is 2.22. The number of nitrogens with zero attached hydrogens (tertiary/aromatic N) is 3. The quantitative estimate of drug-likeness (QED) is 0.479. The molecule has 0 unspecified atom stereocenters. The number of hydrogen-bond donors (Lipinski definition) is 1. The van der Waals surface area contributed by atoms with Crippen molar-refractivity contribution in [2.75, 3.05) is 11.9 Å². The summed E-state index contributed by atoms with van der Waals surface area (Å²) in [5.74, 6) is -0.602. The minimum absolute atomic E-state index is 0.0106. The second kappa shape index (κ2) is 8.83. The van der Waals surface area contributed by atoms with Crippen LogP contribution in [0.1, 0.15) is 20.8 Å². The van der Waals surface area contributed by atoms with Crippen LogP contribution < -0.4 is 10.1 Å². The van der Waals surface area contributed by atoms with E-state index in [1.807, 2.05) is 42.5 Å². The summed E-state index contributed by atoms with van der Waals surface area (Å²) in [6, 6.07) is 27.0. The monoisotopic (exact) mass is 398 g/mol. The number of ketones is 1. The third kappa shape index (κ3) is 4.25. The third-order valence-electron chi connectivity index (χ3n) is 4.31. The van der Waals surface area contributed by atoms with Gasteiger partial charge in [-0.3, -0.25) is 9.59 Å². The highest BCUT2D eigenvalue weighted by molar-refractivity contribution is 6.04. The zero-order valence-electron chi connectivity index (χ0n) is 15.9. The van der Waals surface area contributed by atoms with Gasteiger partial charge >= 0.3 is 0 Å². The number of carbonyl (C=O) groups excluding carboxylic acids is 2. The van der Waals surface area contributed by atoms with E-state index in [0.717, 1.165) is 0 Å². The van der Waals surface area contributed by atoms with E-state index < -0.39 is 5.91 Å². The lowest BCUT2D eigenvalue weighted by atomic mass is 10.1. The Morgan fingerprint density at radius 2 is 1.43 bits per heavy atom. The molecule has 148 valence electrons. The molecule has 0 spiro atoms. The molecule has 0 fully saturated rings. The molecule has 7 heteroatoms. The molecule has 30 heavy (non-hydrogen) atoms. The molecule has 1 amide bonds. The second-order valence-corrected chi connectivity index (χ2v) is 6.39. The van der Waals surface area contributed by atoms with Crippen molar-refractivity contribution in [2.24, 2.45) is 0 Å². The van der Waals surface area contributed by atoms with Gasteiger partial charge in [-0.2, -0.15) is 4.68 Å². The van der Waals surface area contributed by atoms with Gasteiger partial charge in [-0.15, -0.1) is 5.10 Å². The molecule has 0 atom stereocenters. The summed E-state index contributed by atoms with van der Waals surface area (Å²) in [6.07, 6.45) is 0. The van der Waals surface area contributed by atoms with E-state index in [0.29, 0.717) is 16.9 Å². The molecule has 0 aliphatic heterocycles. The molecular formula is C23H18N4O3. The van der Waals surface area contributed by atoms with Crippen molar-refractivity contribution in [1.82, 2.24) is 15.0 Å². The predicted molar refractivity (Wildman–Crippen MR) is 112 cm³/mol. The zero-order valence-corrected chi connectivity index (χ0v) is 15.9. The largest absolute Gasteiger partial charge is 0.467 e. The number of carbonyl (C=O) groups is 2. The van der Waals surface area contributed by atoms with Crippen LogP contribution in [-0.4, -0.2) is 33.3 Å². The van der Waals surface area contributed by atoms with Gasteiger partial charge in [-0.1, -0.05) is 71.9 Å². The highest BCUT2D eigenvalue weighted by atomic mass is 16.5. The van der Waals surface area contributed by atoms with E-state index in [4.69, 9.17) is 4.74 Å². The molecule has 4 aromatic rings. The van der Waals surface area contributed by atoms with E-state index in [1.54, 1.807) is 48.5 Å². The second-order valence-electron chi connectivity index (χ2n) is 6.39. The molecule has 4 rings (SSSR count). The van der Waals surface area contributed by atoms with Gasteiger partial charge in [0, 0.05) is 11.3 Å². The van der Waals surface area contributed by atoms with Crippen LogP contribution in [0.2, 0.25) is 0 Å². The van der Waals surface area contributed by atoms with Crippen LogP contribution in [0.25, 0.3) is 5.69 Å². The van der Waals surface area contributed by atoms with E-state index >= 15 is 0 Å². The molecule has 0 saturated heterocycles. The Labute approximate surface area is 172 Å². The molecule has 0 aliphatic rings. The summed E-state index contributed by atoms with van der Waals surface area (Å²) < 4.78 is 7.17. The number of aromatic nitrogens is 3. The molecule has 0 aliphatic carbocycles. The molecule has 0 saturated carbocycles. The fraction of sp³-hybridized carbons (Fsp3) is 0.0435. The maximum absolute atomic E-state index is 12.8. The Balaban J connectivity index is 1.62. The summed E-state index contributed by atoms with van der Waals surface area (Å²) in [7, 11) is 0. The number of nitrogens with one attached hydrogen (secondary N) is 1. The smallest absolute Gasteiger partial charge is 0.281 e. The normalized spacial score (nSPS) is 10.4. The maximum Gasteiger partial charge on any atom is 0.281 e. The van der Waals surface area contributed by atoms with E-state index in [1.165, 1.54) is 4.68 Å². The van der Waals surface area contributed by atoms with Crippen LogP contribution in [-0.2, 0) is 0 Å². The van der Waals surface area contributed by atoms with Crippen molar-refractivity contribution in [3.63, 3.8) is 0 Å². The molecule has 1 heterocycles. The van der Waals surface area contributed by atoms with Crippen LogP contribution in [0.3, 0.4) is 0 Å². The van der Waals surface area contributed by atoms with E-state index in [-0.39, 0.29) is 24.0 Å². The lowest BCUT2D eigenvalue weighted by Gasteiger charge is -2.10. The first-order chi connectivity index (χ1) is 14.7.